The van der Waals surface area contributed by atoms with E-state index in [-0.39, 0.29) is 11.9 Å². The highest BCUT2D eigenvalue weighted by molar-refractivity contribution is 9.10. The summed E-state index contributed by atoms with van der Waals surface area (Å²) in [4.78, 5) is 11.9. The van der Waals surface area contributed by atoms with Crippen LogP contribution in [0.25, 0.3) is 0 Å². The van der Waals surface area contributed by atoms with E-state index in [1.54, 1.807) is 19.1 Å². The highest BCUT2D eigenvalue weighted by atomic mass is 79.9. The number of anilines is 1. The molecular weight excluding hydrogens is 363 g/mol. The number of benzene rings is 1. The molecule has 3 nitrogen and oxygen atoms in total. The predicted octanol–water partition coefficient (Wildman–Crippen LogP) is 4.86. The highest BCUT2D eigenvalue weighted by Gasteiger charge is 2.15. The molecule has 0 saturated heterocycles. The quantitative estimate of drug-likeness (QED) is 0.522. The van der Waals surface area contributed by atoms with Crippen molar-refractivity contribution in [1.29, 1.82) is 0 Å². The number of halogens is 3. The molecule has 0 radical (unpaired) electrons. The van der Waals surface area contributed by atoms with Gasteiger partial charge in [0.05, 0.1) is 15.7 Å². The maximum absolute atomic E-state index is 11.9. The minimum Gasteiger partial charge on any atom is -0.373 e. The third kappa shape index (κ3) is 5.15. The summed E-state index contributed by atoms with van der Waals surface area (Å²) in [6.45, 7) is 4.63. The van der Waals surface area contributed by atoms with E-state index in [4.69, 9.17) is 23.2 Å². The number of rotatable bonds is 7. The average Bonchev–Trinajstić information content (AvgIpc) is 2.44. The summed E-state index contributed by atoms with van der Waals surface area (Å²) in [5.74, 6) is -0.0452. The number of amides is 1. The normalized spacial score (nSPS) is 12.1. The summed E-state index contributed by atoms with van der Waals surface area (Å²) in [6, 6.07) is 3.22. The lowest BCUT2D eigenvalue weighted by Crippen LogP contribution is -2.38. The molecule has 0 aromatic heterocycles. The number of carbonyl (C=O) groups is 1. The minimum atomic E-state index is -0.369. The van der Waals surface area contributed by atoms with Gasteiger partial charge in [0.1, 0.15) is 6.04 Å². The Morgan fingerprint density at radius 1 is 1.30 bits per heavy atom. The molecule has 0 aliphatic heterocycles. The van der Waals surface area contributed by atoms with Gasteiger partial charge >= 0.3 is 0 Å². The molecule has 112 valence electrons. The van der Waals surface area contributed by atoms with Gasteiger partial charge in [0.2, 0.25) is 5.91 Å². The molecule has 1 atom stereocenters. The molecule has 0 spiro atoms. The van der Waals surface area contributed by atoms with E-state index in [1.165, 1.54) is 0 Å². The van der Waals surface area contributed by atoms with Crippen LogP contribution in [0.1, 0.15) is 33.1 Å². The first-order valence-corrected chi connectivity index (χ1v) is 8.20. The lowest BCUT2D eigenvalue weighted by Gasteiger charge is -2.17. The molecule has 1 rings (SSSR count). The minimum absolute atomic E-state index is 0.0452. The van der Waals surface area contributed by atoms with Crippen molar-refractivity contribution in [2.24, 2.45) is 0 Å². The first-order chi connectivity index (χ1) is 9.47. The van der Waals surface area contributed by atoms with Crippen molar-refractivity contribution in [2.45, 2.75) is 39.2 Å². The van der Waals surface area contributed by atoms with E-state index in [0.29, 0.717) is 22.3 Å². The van der Waals surface area contributed by atoms with E-state index < -0.39 is 0 Å². The van der Waals surface area contributed by atoms with Crippen molar-refractivity contribution in [2.75, 3.05) is 11.9 Å². The molecule has 0 fully saturated rings. The molecular formula is C14H19BrCl2N2O. The van der Waals surface area contributed by atoms with E-state index in [1.807, 2.05) is 0 Å². The zero-order chi connectivity index (χ0) is 15.1. The largest absolute Gasteiger partial charge is 0.373 e. The van der Waals surface area contributed by atoms with Crippen LogP contribution in [0.2, 0.25) is 10.0 Å². The Morgan fingerprint density at radius 2 is 2.00 bits per heavy atom. The molecule has 20 heavy (non-hydrogen) atoms. The van der Waals surface area contributed by atoms with Gasteiger partial charge in [-0.05, 0) is 41.4 Å². The van der Waals surface area contributed by atoms with E-state index in [2.05, 4.69) is 33.5 Å². The molecule has 0 aliphatic rings. The molecule has 1 aromatic rings. The van der Waals surface area contributed by atoms with E-state index in [9.17, 15) is 4.79 Å². The second kappa shape index (κ2) is 8.75. The summed E-state index contributed by atoms with van der Waals surface area (Å²) in [5.41, 5.74) is 0.649. The Kier molecular flexibility index (Phi) is 7.70. The first kappa shape index (κ1) is 17.6. The molecule has 1 unspecified atom stereocenters. The van der Waals surface area contributed by atoms with Crippen LogP contribution in [0, 0.1) is 0 Å². The van der Waals surface area contributed by atoms with E-state index in [0.717, 1.165) is 23.7 Å². The summed E-state index contributed by atoms with van der Waals surface area (Å²) < 4.78 is 0.728. The van der Waals surface area contributed by atoms with Crippen LogP contribution >= 0.6 is 39.1 Å². The van der Waals surface area contributed by atoms with Gasteiger partial charge in [-0.1, -0.05) is 43.0 Å². The van der Waals surface area contributed by atoms with Gasteiger partial charge in [0.25, 0.3) is 0 Å². The van der Waals surface area contributed by atoms with Crippen molar-refractivity contribution in [1.82, 2.24) is 5.32 Å². The number of unbranched alkanes of at least 4 members (excludes halogenated alkanes) is 2. The zero-order valence-corrected chi connectivity index (χ0v) is 14.7. The zero-order valence-electron chi connectivity index (χ0n) is 11.6. The summed E-state index contributed by atoms with van der Waals surface area (Å²) in [6.07, 6.45) is 3.26. The van der Waals surface area contributed by atoms with Gasteiger partial charge in [0, 0.05) is 11.0 Å². The predicted molar refractivity (Wildman–Crippen MR) is 89.8 cm³/mol. The van der Waals surface area contributed by atoms with Gasteiger partial charge in [-0.3, -0.25) is 4.79 Å². The second-order valence-electron chi connectivity index (χ2n) is 4.59. The van der Waals surface area contributed by atoms with Gasteiger partial charge in [-0.25, -0.2) is 0 Å². The number of hydrogen-bond donors (Lipinski definition) is 2. The Labute approximate surface area is 138 Å². The van der Waals surface area contributed by atoms with Gasteiger partial charge in [-0.2, -0.15) is 0 Å². The Bertz CT molecular complexity index is 469. The maximum atomic E-state index is 11.9. The van der Waals surface area contributed by atoms with Crippen LogP contribution in [0.15, 0.2) is 16.6 Å². The maximum Gasteiger partial charge on any atom is 0.242 e. The fourth-order valence-electron chi connectivity index (χ4n) is 1.68. The van der Waals surface area contributed by atoms with Crippen LogP contribution in [0.3, 0.4) is 0 Å². The topological polar surface area (TPSA) is 41.1 Å². The smallest absolute Gasteiger partial charge is 0.242 e. The fraction of sp³-hybridized carbons (Fsp3) is 0.500. The highest BCUT2D eigenvalue weighted by Crippen LogP contribution is 2.36. The first-order valence-electron chi connectivity index (χ1n) is 6.65. The molecule has 6 heteroatoms. The van der Waals surface area contributed by atoms with Crippen LogP contribution in [0.5, 0.6) is 0 Å². The Morgan fingerprint density at radius 3 is 2.65 bits per heavy atom. The monoisotopic (exact) mass is 380 g/mol. The summed E-state index contributed by atoms with van der Waals surface area (Å²) in [7, 11) is 0. The molecule has 0 heterocycles. The molecule has 1 aromatic carbocycles. The van der Waals surface area contributed by atoms with Crippen molar-refractivity contribution < 1.29 is 4.79 Å². The van der Waals surface area contributed by atoms with Crippen LogP contribution in [-0.2, 0) is 4.79 Å². The van der Waals surface area contributed by atoms with Gasteiger partial charge in [0.15, 0.2) is 0 Å². The fourth-order valence-corrected chi connectivity index (χ4v) is 2.50. The molecule has 0 bridgehead atoms. The Hall–Kier alpha value is -0.450. The summed E-state index contributed by atoms with van der Waals surface area (Å²) >= 11 is 15.5. The van der Waals surface area contributed by atoms with Crippen molar-refractivity contribution in [3.63, 3.8) is 0 Å². The van der Waals surface area contributed by atoms with Crippen LogP contribution in [-0.4, -0.2) is 18.5 Å². The van der Waals surface area contributed by atoms with Crippen molar-refractivity contribution in [3.05, 3.63) is 26.7 Å². The molecule has 2 N–H and O–H groups in total. The third-order valence-corrected chi connectivity index (χ3v) is 4.65. The number of nitrogens with one attached hydrogen (secondary N) is 2. The van der Waals surface area contributed by atoms with Crippen molar-refractivity contribution >= 4 is 50.7 Å². The second-order valence-corrected chi connectivity index (χ2v) is 6.20. The SMILES string of the molecule is CCCCCNC(=O)C(C)Nc1ccc(Br)c(Cl)c1Cl. The van der Waals surface area contributed by atoms with Crippen LogP contribution < -0.4 is 10.6 Å². The summed E-state index contributed by atoms with van der Waals surface area (Å²) in [5, 5.41) is 6.81. The molecule has 0 saturated carbocycles. The van der Waals surface area contributed by atoms with Crippen LogP contribution in [0.4, 0.5) is 5.69 Å². The average molecular weight is 382 g/mol. The number of hydrogen-bond acceptors (Lipinski definition) is 2. The van der Waals surface area contributed by atoms with E-state index >= 15 is 0 Å². The molecule has 1 amide bonds. The lowest BCUT2D eigenvalue weighted by molar-refractivity contribution is -0.121. The van der Waals surface area contributed by atoms with Crippen molar-refractivity contribution in [3.8, 4) is 0 Å². The standard InChI is InChI=1S/C14H19BrCl2N2O/c1-3-4-5-8-18-14(20)9(2)19-11-7-6-10(15)12(16)13(11)17/h6-7,9,19H,3-5,8H2,1-2H3,(H,18,20). The molecule has 0 aliphatic carbocycles. The van der Waals surface area contributed by atoms with Gasteiger partial charge < -0.3 is 10.6 Å². The Balaban J connectivity index is 2.55. The third-order valence-electron chi connectivity index (χ3n) is 2.88. The number of carbonyl (C=O) groups excluding carboxylic acids is 1. The van der Waals surface area contributed by atoms with Gasteiger partial charge in [-0.15, -0.1) is 0 Å². The lowest BCUT2D eigenvalue weighted by atomic mass is 10.2.